The molecule has 7 nitrogen and oxygen atoms in total. The Hall–Kier alpha value is -4.99. The fourth-order valence-corrected chi connectivity index (χ4v) is 6.26. The Labute approximate surface area is 270 Å². The SMILES string of the molecule is Cc1cccc(/C=C(/NC(=O)c2ccccc2)C(=O)Nc2cccc(SC(C)C(=O)Nc3nc(-c4ccccc4)c(C)s3)c2)c1. The molecule has 0 saturated heterocycles. The summed E-state index contributed by atoms with van der Waals surface area (Å²) in [6, 6.07) is 33.5. The van der Waals surface area contributed by atoms with E-state index in [9.17, 15) is 14.4 Å². The standard InChI is InChI=1S/C36H32N4O3S2/c1-23-12-10-13-26(20-23)21-31(38-34(42)28-16-8-5-9-17-28)35(43)37-29-18-11-19-30(22-29)44-25(3)33(41)40-36-39-32(24(2)45-36)27-14-6-4-7-15-27/h4-22,25H,1-3H3,(H,37,43)(H,38,42)(H,39,40,41)/b31-21+. The molecular formula is C36H32N4O3S2. The maximum Gasteiger partial charge on any atom is 0.272 e. The number of benzene rings is 4. The summed E-state index contributed by atoms with van der Waals surface area (Å²) >= 11 is 2.81. The van der Waals surface area contributed by atoms with Gasteiger partial charge in [0.05, 0.1) is 10.9 Å². The van der Waals surface area contributed by atoms with Crippen LogP contribution in [0.2, 0.25) is 0 Å². The highest BCUT2D eigenvalue weighted by atomic mass is 32.2. The van der Waals surface area contributed by atoms with E-state index in [1.165, 1.54) is 23.1 Å². The number of aryl methyl sites for hydroxylation is 2. The number of aromatic nitrogens is 1. The molecule has 4 aromatic carbocycles. The molecule has 0 spiro atoms. The first-order valence-electron chi connectivity index (χ1n) is 14.3. The van der Waals surface area contributed by atoms with Crippen molar-refractivity contribution >= 4 is 57.7 Å². The van der Waals surface area contributed by atoms with Crippen LogP contribution < -0.4 is 16.0 Å². The van der Waals surface area contributed by atoms with E-state index in [-0.39, 0.29) is 17.5 Å². The lowest BCUT2D eigenvalue weighted by Crippen LogP contribution is -2.30. The topological polar surface area (TPSA) is 100 Å². The molecule has 0 saturated carbocycles. The Morgan fingerprint density at radius 2 is 1.53 bits per heavy atom. The molecule has 0 aliphatic heterocycles. The van der Waals surface area contributed by atoms with Gasteiger partial charge in [0.15, 0.2) is 5.13 Å². The monoisotopic (exact) mass is 632 g/mol. The number of rotatable bonds is 10. The lowest BCUT2D eigenvalue weighted by molar-refractivity contribution is -0.115. The maximum atomic E-state index is 13.5. The Kier molecular flexibility index (Phi) is 10.2. The molecule has 45 heavy (non-hydrogen) atoms. The van der Waals surface area contributed by atoms with E-state index in [2.05, 4.69) is 20.9 Å². The highest BCUT2D eigenvalue weighted by Crippen LogP contribution is 2.32. The predicted molar refractivity (Wildman–Crippen MR) is 184 cm³/mol. The summed E-state index contributed by atoms with van der Waals surface area (Å²) in [5.41, 5.74) is 4.75. The number of carbonyl (C=O) groups excluding carboxylic acids is 3. The van der Waals surface area contributed by atoms with Gasteiger partial charge in [0.25, 0.3) is 11.8 Å². The summed E-state index contributed by atoms with van der Waals surface area (Å²) in [6.45, 7) is 5.78. The Balaban J connectivity index is 1.26. The van der Waals surface area contributed by atoms with E-state index in [0.29, 0.717) is 16.4 Å². The highest BCUT2D eigenvalue weighted by molar-refractivity contribution is 8.00. The molecule has 3 N–H and O–H groups in total. The smallest absolute Gasteiger partial charge is 0.272 e. The van der Waals surface area contributed by atoms with Crippen molar-refractivity contribution in [3.05, 3.63) is 136 Å². The van der Waals surface area contributed by atoms with Gasteiger partial charge in [-0.15, -0.1) is 23.1 Å². The molecule has 5 aromatic rings. The highest BCUT2D eigenvalue weighted by Gasteiger charge is 2.19. The molecule has 9 heteroatoms. The van der Waals surface area contributed by atoms with E-state index in [1.54, 1.807) is 42.5 Å². The average molecular weight is 633 g/mol. The summed E-state index contributed by atoms with van der Waals surface area (Å²) in [4.78, 5) is 46.0. The van der Waals surface area contributed by atoms with Crippen LogP contribution in [-0.4, -0.2) is 28.0 Å². The molecule has 5 rings (SSSR count). The Bertz CT molecular complexity index is 1850. The van der Waals surface area contributed by atoms with Gasteiger partial charge in [-0.3, -0.25) is 14.4 Å². The van der Waals surface area contributed by atoms with Gasteiger partial charge in [-0.25, -0.2) is 4.98 Å². The van der Waals surface area contributed by atoms with E-state index < -0.39 is 11.2 Å². The minimum absolute atomic E-state index is 0.105. The van der Waals surface area contributed by atoms with Crippen molar-refractivity contribution in [1.82, 2.24) is 10.3 Å². The Morgan fingerprint density at radius 3 is 2.27 bits per heavy atom. The van der Waals surface area contributed by atoms with Crippen molar-refractivity contribution in [2.24, 2.45) is 0 Å². The molecule has 0 aliphatic carbocycles. The fourth-order valence-electron chi connectivity index (χ4n) is 4.49. The van der Waals surface area contributed by atoms with E-state index in [0.717, 1.165) is 32.2 Å². The number of thioether (sulfide) groups is 1. The van der Waals surface area contributed by atoms with Gasteiger partial charge in [-0.1, -0.05) is 84.4 Å². The van der Waals surface area contributed by atoms with Crippen molar-refractivity contribution in [1.29, 1.82) is 0 Å². The minimum Gasteiger partial charge on any atom is -0.321 e. The number of nitrogens with one attached hydrogen (secondary N) is 3. The van der Waals surface area contributed by atoms with Gasteiger partial charge in [0, 0.05) is 26.6 Å². The lowest BCUT2D eigenvalue weighted by Gasteiger charge is -2.14. The lowest BCUT2D eigenvalue weighted by atomic mass is 10.1. The van der Waals surface area contributed by atoms with E-state index >= 15 is 0 Å². The molecular weight excluding hydrogens is 601 g/mol. The summed E-state index contributed by atoms with van der Waals surface area (Å²) in [6.07, 6.45) is 1.65. The largest absolute Gasteiger partial charge is 0.321 e. The van der Waals surface area contributed by atoms with Gasteiger partial charge >= 0.3 is 0 Å². The number of hydrogen-bond donors (Lipinski definition) is 3. The van der Waals surface area contributed by atoms with Crippen LogP contribution in [0.25, 0.3) is 17.3 Å². The summed E-state index contributed by atoms with van der Waals surface area (Å²) in [7, 11) is 0. The number of anilines is 2. The van der Waals surface area contributed by atoms with Crippen molar-refractivity contribution < 1.29 is 14.4 Å². The van der Waals surface area contributed by atoms with Gasteiger partial charge in [-0.2, -0.15) is 0 Å². The Morgan fingerprint density at radius 1 is 0.822 bits per heavy atom. The van der Waals surface area contributed by atoms with Crippen LogP contribution >= 0.6 is 23.1 Å². The normalized spacial score (nSPS) is 11.8. The first-order valence-corrected chi connectivity index (χ1v) is 16.0. The van der Waals surface area contributed by atoms with Crippen LogP contribution in [0.3, 0.4) is 0 Å². The van der Waals surface area contributed by atoms with Crippen LogP contribution in [0, 0.1) is 13.8 Å². The van der Waals surface area contributed by atoms with Crippen LogP contribution in [0.1, 0.15) is 33.3 Å². The second kappa shape index (κ2) is 14.7. The zero-order valence-corrected chi connectivity index (χ0v) is 26.7. The number of amides is 3. The van der Waals surface area contributed by atoms with E-state index in [4.69, 9.17) is 0 Å². The van der Waals surface area contributed by atoms with Crippen molar-refractivity contribution in [3.8, 4) is 11.3 Å². The predicted octanol–water partition coefficient (Wildman–Crippen LogP) is 7.96. The maximum absolute atomic E-state index is 13.5. The molecule has 1 heterocycles. The van der Waals surface area contributed by atoms with Crippen LogP contribution in [0.15, 0.2) is 120 Å². The van der Waals surface area contributed by atoms with Crippen molar-refractivity contribution in [3.63, 3.8) is 0 Å². The molecule has 0 fully saturated rings. The van der Waals surface area contributed by atoms with Crippen LogP contribution in [0.4, 0.5) is 10.8 Å². The first-order chi connectivity index (χ1) is 21.7. The first kappa shape index (κ1) is 31.4. The molecule has 1 unspecified atom stereocenters. The minimum atomic E-state index is -0.470. The average Bonchev–Trinajstić information content (AvgIpc) is 3.41. The van der Waals surface area contributed by atoms with Crippen LogP contribution in [0.5, 0.6) is 0 Å². The number of nitrogens with zero attached hydrogens (tertiary/aromatic N) is 1. The summed E-state index contributed by atoms with van der Waals surface area (Å²) in [5.74, 6) is -1.03. The zero-order valence-electron chi connectivity index (χ0n) is 25.0. The number of carbonyl (C=O) groups is 3. The van der Waals surface area contributed by atoms with Gasteiger partial charge in [0.1, 0.15) is 5.70 Å². The third-order valence-corrected chi connectivity index (χ3v) is 8.71. The van der Waals surface area contributed by atoms with Crippen LogP contribution in [-0.2, 0) is 9.59 Å². The quantitative estimate of drug-likeness (QED) is 0.107. The second-order valence-electron chi connectivity index (χ2n) is 10.3. The van der Waals surface area contributed by atoms with Gasteiger partial charge < -0.3 is 16.0 Å². The number of hydrogen-bond acceptors (Lipinski definition) is 6. The van der Waals surface area contributed by atoms with Gasteiger partial charge in [-0.05, 0) is 62.7 Å². The molecule has 226 valence electrons. The van der Waals surface area contributed by atoms with Crippen molar-refractivity contribution in [2.75, 3.05) is 10.6 Å². The molecule has 0 radical (unpaired) electrons. The molecule has 1 atom stereocenters. The summed E-state index contributed by atoms with van der Waals surface area (Å²) < 4.78 is 0. The number of thiazole rings is 1. The zero-order chi connectivity index (χ0) is 31.8. The molecule has 3 amide bonds. The third-order valence-electron chi connectivity index (χ3n) is 6.73. The second-order valence-corrected chi connectivity index (χ2v) is 12.9. The van der Waals surface area contributed by atoms with E-state index in [1.807, 2.05) is 93.6 Å². The molecule has 0 aliphatic rings. The molecule has 1 aromatic heterocycles. The summed E-state index contributed by atoms with van der Waals surface area (Å²) in [5, 5.41) is 8.73. The van der Waals surface area contributed by atoms with Gasteiger partial charge in [0.2, 0.25) is 5.91 Å². The fraction of sp³-hybridized carbons (Fsp3) is 0.111. The van der Waals surface area contributed by atoms with Crippen molar-refractivity contribution in [2.45, 2.75) is 30.9 Å². The molecule has 0 bridgehead atoms. The third kappa shape index (κ3) is 8.56.